The average molecular weight is 188 g/mol. The lowest BCUT2D eigenvalue weighted by atomic mass is 10.1. The number of rotatable bonds is 6. The van der Waals surface area contributed by atoms with Crippen LogP contribution < -0.4 is 10.6 Å². The van der Waals surface area contributed by atoms with Crippen molar-refractivity contribution in [2.45, 2.75) is 25.8 Å². The van der Waals surface area contributed by atoms with Gasteiger partial charge in [-0.25, -0.2) is 0 Å². The molecular formula is C8H16N2O3. The van der Waals surface area contributed by atoms with Crippen molar-refractivity contribution in [3.63, 3.8) is 0 Å². The van der Waals surface area contributed by atoms with Gasteiger partial charge in [0.1, 0.15) is 0 Å². The van der Waals surface area contributed by atoms with Crippen molar-refractivity contribution < 1.29 is 14.7 Å². The number of carbonyl (C=O) groups is 2. The van der Waals surface area contributed by atoms with Crippen molar-refractivity contribution in [2.24, 2.45) is 0 Å². The zero-order valence-electron chi connectivity index (χ0n) is 7.96. The van der Waals surface area contributed by atoms with E-state index in [9.17, 15) is 9.59 Å². The van der Waals surface area contributed by atoms with Crippen LogP contribution in [0.15, 0.2) is 0 Å². The first-order valence-electron chi connectivity index (χ1n) is 4.28. The largest absolute Gasteiger partial charge is 0.481 e. The second kappa shape index (κ2) is 6.42. The Labute approximate surface area is 77.5 Å². The molecule has 0 heterocycles. The van der Waals surface area contributed by atoms with E-state index in [-0.39, 0.29) is 12.3 Å². The normalized spacial score (nSPS) is 12.2. The van der Waals surface area contributed by atoms with Crippen molar-refractivity contribution in [1.29, 1.82) is 0 Å². The minimum absolute atomic E-state index is 0.00262. The molecule has 76 valence electrons. The highest BCUT2D eigenvalue weighted by Crippen LogP contribution is 1.96. The Morgan fingerprint density at radius 3 is 2.46 bits per heavy atom. The van der Waals surface area contributed by atoms with Crippen LogP contribution in [0.4, 0.5) is 0 Å². The van der Waals surface area contributed by atoms with Crippen LogP contribution in [-0.4, -0.2) is 36.6 Å². The molecule has 3 N–H and O–H groups in total. The fourth-order valence-corrected chi connectivity index (χ4v) is 0.972. The molecule has 5 nitrogen and oxygen atoms in total. The van der Waals surface area contributed by atoms with Gasteiger partial charge in [-0.3, -0.25) is 9.59 Å². The van der Waals surface area contributed by atoms with Crippen molar-refractivity contribution in [1.82, 2.24) is 10.6 Å². The highest BCUT2D eigenvalue weighted by atomic mass is 16.4. The molecule has 0 saturated carbocycles. The number of hydrogen-bond donors (Lipinski definition) is 3. The van der Waals surface area contributed by atoms with E-state index in [1.54, 1.807) is 7.05 Å². The Morgan fingerprint density at radius 1 is 1.46 bits per heavy atom. The first-order valence-corrected chi connectivity index (χ1v) is 4.28. The van der Waals surface area contributed by atoms with Crippen molar-refractivity contribution >= 4 is 11.9 Å². The molecule has 0 fully saturated rings. The van der Waals surface area contributed by atoms with E-state index in [1.165, 1.54) is 0 Å². The lowest BCUT2D eigenvalue weighted by Gasteiger charge is -2.13. The molecular weight excluding hydrogens is 172 g/mol. The minimum atomic E-state index is -0.885. The monoisotopic (exact) mass is 188 g/mol. The molecule has 0 aliphatic carbocycles. The first-order chi connectivity index (χ1) is 6.11. The van der Waals surface area contributed by atoms with Gasteiger partial charge in [0.25, 0.3) is 0 Å². The predicted molar refractivity (Wildman–Crippen MR) is 48.4 cm³/mol. The van der Waals surface area contributed by atoms with Crippen LogP contribution in [-0.2, 0) is 9.59 Å². The molecule has 0 aromatic rings. The van der Waals surface area contributed by atoms with Crippen LogP contribution in [0.1, 0.15) is 19.8 Å². The molecule has 0 aliphatic rings. The van der Waals surface area contributed by atoms with Gasteiger partial charge >= 0.3 is 5.97 Å². The summed E-state index contributed by atoms with van der Waals surface area (Å²) in [5.74, 6) is -1.03. The van der Waals surface area contributed by atoms with E-state index in [2.05, 4.69) is 10.6 Å². The van der Waals surface area contributed by atoms with Gasteiger partial charge in [-0.2, -0.15) is 0 Å². The summed E-state index contributed by atoms with van der Waals surface area (Å²) in [6, 6.07) is -0.406. The molecule has 0 saturated heterocycles. The van der Waals surface area contributed by atoms with E-state index in [0.29, 0.717) is 13.0 Å². The summed E-state index contributed by atoms with van der Waals surface area (Å²) in [5, 5.41) is 13.8. The number of carbonyl (C=O) groups excluding carboxylic acids is 1. The Hall–Kier alpha value is -1.10. The van der Waals surface area contributed by atoms with Gasteiger partial charge in [0.05, 0.1) is 6.04 Å². The third-order valence-electron chi connectivity index (χ3n) is 1.66. The molecule has 13 heavy (non-hydrogen) atoms. The fraction of sp³-hybridized carbons (Fsp3) is 0.750. The Kier molecular flexibility index (Phi) is 5.88. The van der Waals surface area contributed by atoms with Crippen LogP contribution in [0.2, 0.25) is 0 Å². The van der Waals surface area contributed by atoms with E-state index in [4.69, 9.17) is 5.11 Å². The van der Waals surface area contributed by atoms with Gasteiger partial charge < -0.3 is 15.7 Å². The van der Waals surface area contributed by atoms with Crippen molar-refractivity contribution in [3.8, 4) is 0 Å². The van der Waals surface area contributed by atoms with Crippen LogP contribution in [0, 0.1) is 0 Å². The van der Waals surface area contributed by atoms with Crippen LogP contribution in [0.25, 0.3) is 0 Å². The molecule has 0 aromatic carbocycles. The highest BCUT2D eigenvalue weighted by molar-refractivity contribution is 5.82. The number of likely N-dealkylation sites (N-methyl/N-ethyl adjacent to an activating group) is 2. The molecule has 1 atom stereocenters. The quantitative estimate of drug-likeness (QED) is 0.529. The third kappa shape index (κ3) is 5.19. The maximum Gasteiger partial charge on any atom is 0.303 e. The number of carboxylic acid groups (broad SMARTS) is 1. The summed E-state index contributed by atoms with van der Waals surface area (Å²) in [5.41, 5.74) is 0. The number of aliphatic carboxylic acids is 1. The van der Waals surface area contributed by atoms with Gasteiger partial charge in [0.15, 0.2) is 0 Å². The number of nitrogens with one attached hydrogen (secondary N) is 2. The molecule has 0 spiro atoms. The third-order valence-corrected chi connectivity index (χ3v) is 1.66. The standard InChI is InChI=1S/C8H16N2O3/c1-3-10-8(13)6(9-2)4-5-7(11)12/h6,9H,3-5H2,1-2H3,(H,10,13)(H,11,12). The van der Waals surface area contributed by atoms with Crippen molar-refractivity contribution in [3.05, 3.63) is 0 Å². The summed E-state index contributed by atoms with van der Waals surface area (Å²) < 4.78 is 0. The average Bonchev–Trinajstić information content (AvgIpc) is 2.05. The highest BCUT2D eigenvalue weighted by Gasteiger charge is 2.15. The maximum absolute atomic E-state index is 11.2. The Balaban J connectivity index is 3.87. The molecule has 1 unspecified atom stereocenters. The lowest BCUT2D eigenvalue weighted by molar-refractivity contribution is -0.137. The molecule has 1 amide bonds. The Morgan fingerprint density at radius 2 is 2.08 bits per heavy atom. The zero-order valence-corrected chi connectivity index (χ0v) is 7.96. The maximum atomic E-state index is 11.2. The van der Waals surface area contributed by atoms with E-state index in [1.807, 2.05) is 6.92 Å². The van der Waals surface area contributed by atoms with Crippen molar-refractivity contribution in [2.75, 3.05) is 13.6 Å². The van der Waals surface area contributed by atoms with Crippen LogP contribution in [0.5, 0.6) is 0 Å². The summed E-state index contributed by atoms with van der Waals surface area (Å²) in [7, 11) is 1.64. The number of hydrogen-bond acceptors (Lipinski definition) is 3. The zero-order chi connectivity index (χ0) is 10.3. The summed E-state index contributed by atoms with van der Waals surface area (Å²) in [4.78, 5) is 21.5. The molecule has 0 rings (SSSR count). The van der Waals surface area contributed by atoms with Crippen LogP contribution in [0.3, 0.4) is 0 Å². The summed E-state index contributed by atoms with van der Waals surface area (Å²) >= 11 is 0. The topological polar surface area (TPSA) is 78.4 Å². The van der Waals surface area contributed by atoms with Crippen LogP contribution >= 0.6 is 0 Å². The first kappa shape index (κ1) is 11.9. The summed E-state index contributed by atoms with van der Waals surface area (Å²) in [6.45, 7) is 2.38. The predicted octanol–water partition coefficient (Wildman–Crippen LogP) is -0.425. The molecule has 0 radical (unpaired) electrons. The summed E-state index contributed by atoms with van der Waals surface area (Å²) in [6.07, 6.45) is 0.320. The van der Waals surface area contributed by atoms with E-state index in [0.717, 1.165) is 0 Å². The molecule has 5 heteroatoms. The molecule has 0 aliphatic heterocycles. The fourth-order valence-electron chi connectivity index (χ4n) is 0.972. The van der Waals surface area contributed by atoms with E-state index < -0.39 is 12.0 Å². The number of carboxylic acids is 1. The minimum Gasteiger partial charge on any atom is -0.481 e. The SMILES string of the molecule is CCNC(=O)C(CCC(=O)O)NC. The second-order valence-corrected chi connectivity index (χ2v) is 2.67. The van der Waals surface area contributed by atoms with E-state index >= 15 is 0 Å². The van der Waals surface area contributed by atoms with Gasteiger partial charge in [-0.05, 0) is 20.4 Å². The Bertz CT molecular complexity index is 182. The van der Waals surface area contributed by atoms with Gasteiger partial charge in [-0.1, -0.05) is 0 Å². The van der Waals surface area contributed by atoms with Gasteiger partial charge in [-0.15, -0.1) is 0 Å². The molecule has 0 bridgehead atoms. The second-order valence-electron chi connectivity index (χ2n) is 2.67. The smallest absolute Gasteiger partial charge is 0.303 e. The molecule has 0 aromatic heterocycles. The van der Waals surface area contributed by atoms with Gasteiger partial charge in [0, 0.05) is 13.0 Å². The lowest BCUT2D eigenvalue weighted by Crippen LogP contribution is -2.42. The number of amides is 1. The van der Waals surface area contributed by atoms with Gasteiger partial charge in [0.2, 0.25) is 5.91 Å².